The Morgan fingerprint density at radius 1 is 0.542 bits per heavy atom. The topological polar surface area (TPSA) is 0 Å². The van der Waals surface area contributed by atoms with Gasteiger partial charge >= 0.3 is 0 Å². The summed E-state index contributed by atoms with van der Waals surface area (Å²) in [6.45, 7) is 7.42. The zero-order chi connectivity index (χ0) is 17.9. The molecule has 6 aliphatic rings. The van der Waals surface area contributed by atoms with Gasteiger partial charge in [0.25, 0.3) is 0 Å². The molecule has 0 aromatic rings. The lowest BCUT2D eigenvalue weighted by molar-refractivity contribution is 0.0132. The fourth-order valence-corrected chi connectivity index (χ4v) is 9.59. The number of rotatable bonds is 2. The fourth-order valence-electron chi connectivity index (χ4n) is 9.59. The van der Waals surface area contributed by atoms with Gasteiger partial charge in [0.15, 0.2) is 0 Å². The first kappa shape index (κ1) is 13.2. The molecule has 0 aromatic heterocycles. The highest BCUT2D eigenvalue weighted by molar-refractivity contribution is 5.10. The summed E-state index contributed by atoms with van der Waals surface area (Å²) in [5.74, 6) is 10.5. The van der Waals surface area contributed by atoms with Gasteiger partial charge in [0.1, 0.15) is 0 Å². The minimum absolute atomic E-state index is 0.225. The van der Waals surface area contributed by atoms with Crippen LogP contribution in [0.4, 0.5) is 0 Å². The zero-order valence-electron chi connectivity index (χ0n) is 17.9. The van der Waals surface area contributed by atoms with E-state index in [1.807, 2.05) is 0 Å². The minimum Gasteiger partial charge on any atom is -0.0622 e. The van der Waals surface area contributed by atoms with Crippen LogP contribution in [-0.2, 0) is 0 Å². The van der Waals surface area contributed by atoms with E-state index >= 15 is 0 Å². The Morgan fingerprint density at radius 3 is 2.08 bits per heavy atom. The summed E-state index contributed by atoms with van der Waals surface area (Å²) in [6, 6.07) is 0. The molecule has 15 unspecified atom stereocenters. The van der Waals surface area contributed by atoms with E-state index in [4.69, 9.17) is 2.74 Å². The van der Waals surface area contributed by atoms with Gasteiger partial charge in [-0.2, -0.15) is 0 Å². The van der Waals surface area contributed by atoms with Crippen LogP contribution in [0.1, 0.15) is 74.8 Å². The predicted octanol–water partition coefficient (Wildman–Crippen LogP) is 6.26. The van der Waals surface area contributed by atoms with Gasteiger partial charge in [-0.15, -0.1) is 0 Å². The van der Waals surface area contributed by atoms with E-state index in [0.717, 1.165) is 53.3 Å². The Kier molecular flexibility index (Phi) is 2.77. The van der Waals surface area contributed by atoms with E-state index in [2.05, 4.69) is 20.8 Å². The van der Waals surface area contributed by atoms with E-state index in [1.54, 1.807) is 0 Å². The molecule has 0 nitrogen and oxygen atoms in total. The third-order valence-corrected chi connectivity index (χ3v) is 10.3. The SMILES string of the molecule is [3H]C1C2CC(CC2C)C1C1C2CC(CC2C)C1C1C([3H])C2CC(C)C1C2. The molecule has 15 atom stereocenters. The Bertz CT molecular complexity index is 587. The highest BCUT2D eigenvalue weighted by Gasteiger charge is 2.61. The van der Waals surface area contributed by atoms with Crippen LogP contribution in [-0.4, -0.2) is 0 Å². The first-order valence-electron chi connectivity index (χ1n) is 12.5. The maximum absolute atomic E-state index is 9.13. The van der Waals surface area contributed by atoms with Crippen LogP contribution in [0.15, 0.2) is 0 Å². The van der Waals surface area contributed by atoms with Crippen molar-refractivity contribution in [2.45, 2.75) is 72.1 Å². The molecule has 6 aliphatic carbocycles. The van der Waals surface area contributed by atoms with Gasteiger partial charge in [-0.3, -0.25) is 0 Å². The molecule has 0 radical (unpaired) electrons. The molecule has 134 valence electrons. The third-order valence-electron chi connectivity index (χ3n) is 10.3. The molecule has 0 N–H and O–H groups in total. The van der Waals surface area contributed by atoms with Crippen molar-refractivity contribution in [3.63, 3.8) is 0 Å². The zero-order valence-corrected chi connectivity index (χ0v) is 15.9. The molecule has 0 amide bonds. The van der Waals surface area contributed by atoms with Crippen molar-refractivity contribution in [1.82, 2.24) is 0 Å². The van der Waals surface area contributed by atoms with Gasteiger partial charge in [-0.1, -0.05) is 20.8 Å². The third kappa shape index (κ3) is 1.87. The van der Waals surface area contributed by atoms with E-state index in [0.29, 0.717) is 23.7 Å². The van der Waals surface area contributed by atoms with E-state index in [9.17, 15) is 0 Å². The van der Waals surface area contributed by atoms with Crippen molar-refractivity contribution in [1.29, 1.82) is 0 Å². The molecule has 0 spiro atoms. The predicted molar refractivity (Wildman–Crippen MR) is 99.3 cm³/mol. The van der Waals surface area contributed by atoms with Gasteiger partial charge in [0.05, 0.1) is 0 Å². The molecule has 6 rings (SSSR count). The highest BCUT2D eigenvalue weighted by Crippen LogP contribution is 2.69. The Hall–Kier alpha value is 0. The maximum Gasteiger partial charge on any atom is 0.0273 e. The second kappa shape index (κ2) is 5.04. The molecule has 0 saturated heterocycles. The summed E-state index contributed by atoms with van der Waals surface area (Å²) in [6.07, 6.45) is 8.85. The fraction of sp³-hybridized carbons (Fsp3) is 1.00. The van der Waals surface area contributed by atoms with Gasteiger partial charge < -0.3 is 0 Å². The lowest BCUT2D eigenvalue weighted by atomic mass is 9.58. The molecule has 0 heterocycles. The quantitative estimate of drug-likeness (QED) is 0.560. The van der Waals surface area contributed by atoms with Gasteiger partial charge in [0, 0.05) is 2.74 Å². The molecule has 6 bridgehead atoms. The van der Waals surface area contributed by atoms with E-state index in [-0.39, 0.29) is 12.8 Å². The summed E-state index contributed by atoms with van der Waals surface area (Å²) in [7, 11) is 0. The van der Waals surface area contributed by atoms with E-state index in [1.165, 1.54) is 38.5 Å². The highest BCUT2D eigenvalue weighted by atomic mass is 14.7. The average Bonchev–Trinajstić information content (AvgIpc) is 3.37. The average molecular weight is 331 g/mol. The smallest absolute Gasteiger partial charge is 0.0273 e. The Morgan fingerprint density at radius 2 is 1.33 bits per heavy atom. The van der Waals surface area contributed by atoms with Crippen LogP contribution in [0.3, 0.4) is 0 Å². The van der Waals surface area contributed by atoms with Crippen molar-refractivity contribution < 1.29 is 2.74 Å². The summed E-state index contributed by atoms with van der Waals surface area (Å²) in [4.78, 5) is 0. The number of hydrogen-bond acceptors (Lipinski definition) is 0. The van der Waals surface area contributed by atoms with Crippen LogP contribution in [0.25, 0.3) is 0 Å². The van der Waals surface area contributed by atoms with Crippen molar-refractivity contribution in [2.24, 2.45) is 76.9 Å². The van der Waals surface area contributed by atoms with Crippen molar-refractivity contribution >= 4 is 0 Å². The molecule has 0 heteroatoms. The first-order chi connectivity index (χ1) is 12.5. The standard InChI is InChI=1S/C24H38/c1-12-5-17-9-16(12)10-21(17)24-20-11-18(6-14(20)3)23(24)22-8-15-4-13(2)19(22)7-15/h12-24H,4-11H2,1-3H3/i8T,10T. The van der Waals surface area contributed by atoms with Crippen LogP contribution < -0.4 is 0 Å². The second-order valence-corrected chi connectivity index (χ2v) is 11.3. The van der Waals surface area contributed by atoms with Crippen molar-refractivity contribution in [3.05, 3.63) is 0 Å². The van der Waals surface area contributed by atoms with Crippen molar-refractivity contribution in [3.8, 4) is 0 Å². The molecule has 6 saturated carbocycles. The number of fused-ring (bicyclic) bond motifs is 6. The molecule has 0 aromatic carbocycles. The Labute approximate surface area is 152 Å². The minimum atomic E-state index is 0.225. The lowest BCUT2D eigenvalue weighted by Gasteiger charge is -2.47. The Balaban J connectivity index is 1.36. The molecule has 6 fully saturated rings. The monoisotopic (exact) mass is 330 g/mol. The van der Waals surface area contributed by atoms with Crippen LogP contribution in [0.5, 0.6) is 0 Å². The first-order valence-corrected chi connectivity index (χ1v) is 11.3. The maximum atomic E-state index is 9.13. The molecular weight excluding hydrogens is 288 g/mol. The molecule has 0 aliphatic heterocycles. The molecular formula is C24H38. The van der Waals surface area contributed by atoms with Crippen LogP contribution in [0, 0.1) is 76.9 Å². The van der Waals surface area contributed by atoms with Crippen LogP contribution in [0.2, 0.25) is 0 Å². The number of hydrogen-bond donors (Lipinski definition) is 0. The summed E-state index contributed by atoms with van der Waals surface area (Å²) in [5, 5.41) is 0. The summed E-state index contributed by atoms with van der Waals surface area (Å²) in [5.41, 5.74) is 0. The second-order valence-electron chi connectivity index (χ2n) is 11.3. The normalized spacial score (nSPS) is 74.2. The molecule has 24 heavy (non-hydrogen) atoms. The lowest BCUT2D eigenvalue weighted by Crippen LogP contribution is -2.41. The van der Waals surface area contributed by atoms with Crippen LogP contribution >= 0.6 is 0 Å². The largest absolute Gasteiger partial charge is 0.0622 e. The van der Waals surface area contributed by atoms with Gasteiger partial charge in [0.2, 0.25) is 0 Å². The van der Waals surface area contributed by atoms with Gasteiger partial charge in [-0.05, 0) is 128 Å². The van der Waals surface area contributed by atoms with Crippen molar-refractivity contribution in [2.75, 3.05) is 0 Å². The van der Waals surface area contributed by atoms with E-state index < -0.39 is 0 Å². The summed E-state index contributed by atoms with van der Waals surface area (Å²) < 4.78 is 18.2. The van der Waals surface area contributed by atoms with Gasteiger partial charge in [-0.25, -0.2) is 0 Å². The summed E-state index contributed by atoms with van der Waals surface area (Å²) >= 11 is 0.